The maximum Gasteiger partial charge on any atom is 0.229 e. The molecule has 1 N–H and O–H groups in total. The van der Waals surface area contributed by atoms with Crippen LogP contribution in [0.5, 0.6) is 0 Å². The van der Waals surface area contributed by atoms with Crippen LogP contribution in [0.2, 0.25) is 0 Å². The van der Waals surface area contributed by atoms with Crippen LogP contribution in [-0.2, 0) is 14.3 Å². The summed E-state index contributed by atoms with van der Waals surface area (Å²) in [5.74, 6) is -5.77. The summed E-state index contributed by atoms with van der Waals surface area (Å²) in [7, 11) is 0. The van der Waals surface area contributed by atoms with Gasteiger partial charge in [0, 0.05) is 32.2 Å². The molecule has 24 heavy (non-hydrogen) atoms. The summed E-state index contributed by atoms with van der Waals surface area (Å²) in [4.78, 5) is 26.0. The Kier molecular flexibility index (Phi) is 4.75. The first-order valence-corrected chi connectivity index (χ1v) is 7.79. The molecule has 3 rings (SSSR count). The minimum absolute atomic E-state index is 0.0223. The third-order valence-electron chi connectivity index (χ3n) is 4.45. The molecule has 1 unspecified atom stereocenters. The number of benzene rings is 1. The number of hydrogen-bond donors (Lipinski definition) is 1. The average Bonchev–Trinajstić information content (AvgIpc) is 2.98. The first-order valence-electron chi connectivity index (χ1n) is 7.79. The highest BCUT2D eigenvalue weighted by Gasteiger charge is 2.38. The number of amides is 2. The molecule has 0 bridgehead atoms. The lowest BCUT2D eigenvalue weighted by molar-refractivity contribution is -0.131. The number of ether oxygens (including phenoxy) is 1. The van der Waals surface area contributed by atoms with E-state index in [9.17, 15) is 22.8 Å². The largest absolute Gasteiger partial charge is 0.381 e. The van der Waals surface area contributed by atoms with Crippen molar-refractivity contribution in [2.24, 2.45) is 5.92 Å². The van der Waals surface area contributed by atoms with Crippen molar-refractivity contribution in [1.29, 1.82) is 0 Å². The first kappa shape index (κ1) is 16.8. The lowest BCUT2D eigenvalue weighted by atomic mass is 10.1. The number of nitrogens with zero attached hydrogens (tertiary/aromatic N) is 1. The zero-order valence-electron chi connectivity index (χ0n) is 12.9. The zero-order valence-corrected chi connectivity index (χ0v) is 12.9. The summed E-state index contributed by atoms with van der Waals surface area (Å²) in [6.07, 6.45) is 1.46. The quantitative estimate of drug-likeness (QED) is 0.856. The van der Waals surface area contributed by atoms with Crippen LogP contribution in [0.25, 0.3) is 0 Å². The Hall–Kier alpha value is -2.09. The predicted octanol–water partition coefficient (Wildman–Crippen LogP) is 2.07. The molecule has 0 aromatic heterocycles. The Morgan fingerprint density at radius 1 is 1.17 bits per heavy atom. The SMILES string of the molecule is O=C(Nc1ccc(F)c(F)c1F)C1CC(=O)N(C2CCOCC2)C1. The number of anilines is 1. The number of hydrogen-bond acceptors (Lipinski definition) is 3. The number of carbonyl (C=O) groups excluding carboxylic acids is 2. The van der Waals surface area contributed by atoms with Crippen LogP contribution in [0.4, 0.5) is 18.9 Å². The summed E-state index contributed by atoms with van der Waals surface area (Å²) < 4.78 is 45.0. The normalized spacial score (nSPS) is 22.0. The van der Waals surface area contributed by atoms with Crippen LogP contribution in [0.1, 0.15) is 19.3 Å². The van der Waals surface area contributed by atoms with Gasteiger partial charge in [0.1, 0.15) is 0 Å². The Balaban J connectivity index is 1.66. The number of halogens is 3. The first-order chi connectivity index (χ1) is 11.5. The molecule has 1 aromatic rings. The number of carbonyl (C=O) groups is 2. The van der Waals surface area contributed by atoms with Gasteiger partial charge in [-0.1, -0.05) is 0 Å². The van der Waals surface area contributed by atoms with Gasteiger partial charge in [-0.15, -0.1) is 0 Å². The Bertz CT molecular complexity index is 662. The van der Waals surface area contributed by atoms with E-state index in [1.54, 1.807) is 4.90 Å². The van der Waals surface area contributed by atoms with Crippen LogP contribution in [0.3, 0.4) is 0 Å². The van der Waals surface area contributed by atoms with Gasteiger partial charge in [-0.2, -0.15) is 0 Å². The second kappa shape index (κ2) is 6.80. The van der Waals surface area contributed by atoms with Crippen molar-refractivity contribution in [3.05, 3.63) is 29.6 Å². The fraction of sp³-hybridized carbons (Fsp3) is 0.500. The van der Waals surface area contributed by atoms with Gasteiger partial charge in [0.2, 0.25) is 11.8 Å². The molecule has 2 fully saturated rings. The predicted molar refractivity (Wildman–Crippen MR) is 78.6 cm³/mol. The molecule has 2 saturated heterocycles. The average molecular weight is 342 g/mol. The third kappa shape index (κ3) is 3.24. The summed E-state index contributed by atoms with van der Waals surface area (Å²) in [6, 6.07) is 1.74. The molecule has 1 atom stereocenters. The molecule has 2 aliphatic rings. The molecule has 2 amide bonds. The topological polar surface area (TPSA) is 58.6 Å². The highest BCUT2D eigenvalue weighted by atomic mass is 19.2. The van der Waals surface area contributed by atoms with Crippen LogP contribution in [-0.4, -0.2) is 42.5 Å². The van der Waals surface area contributed by atoms with Crippen molar-refractivity contribution in [2.75, 3.05) is 25.1 Å². The van der Waals surface area contributed by atoms with E-state index in [0.29, 0.717) is 13.2 Å². The lowest BCUT2D eigenvalue weighted by Crippen LogP contribution is -2.41. The van der Waals surface area contributed by atoms with E-state index in [-0.39, 0.29) is 24.9 Å². The van der Waals surface area contributed by atoms with Crippen LogP contribution in [0.15, 0.2) is 12.1 Å². The van der Waals surface area contributed by atoms with Crippen molar-refractivity contribution in [3.63, 3.8) is 0 Å². The Morgan fingerprint density at radius 2 is 1.88 bits per heavy atom. The van der Waals surface area contributed by atoms with Gasteiger partial charge in [-0.05, 0) is 25.0 Å². The van der Waals surface area contributed by atoms with E-state index >= 15 is 0 Å². The van der Waals surface area contributed by atoms with Gasteiger partial charge in [-0.25, -0.2) is 13.2 Å². The maximum atomic E-state index is 13.6. The van der Waals surface area contributed by atoms with Crippen molar-refractivity contribution in [3.8, 4) is 0 Å². The van der Waals surface area contributed by atoms with E-state index in [0.717, 1.165) is 25.0 Å². The smallest absolute Gasteiger partial charge is 0.229 e. The summed E-state index contributed by atoms with van der Waals surface area (Å²) in [6.45, 7) is 1.39. The van der Waals surface area contributed by atoms with Crippen molar-refractivity contribution >= 4 is 17.5 Å². The number of rotatable bonds is 3. The summed E-state index contributed by atoms with van der Waals surface area (Å²) in [5, 5.41) is 2.24. The van der Waals surface area contributed by atoms with Crippen molar-refractivity contribution < 1.29 is 27.5 Å². The molecule has 5 nitrogen and oxygen atoms in total. The third-order valence-corrected chi connectivity index (χ3v) is 4.45. The van der Waals surface area contributed by atoms with E-state index in [1.807, 2.05) is 0 Å². The van der Waals surface area contributed by atoms with E-state index in [1.165, 1.54) is 0 Å². The molecule has 0 radical (unpaired) electrons. The van der Waals surface area contributed by atoms with Gasteiger partial charge in [0.05, 0.1) is 11.6 Å². The van der Waals surface area contributed by atoms with Crippen molar-refractivity contribution in [2.45, 2.75) is 25.3 Å². The van der Waals surface area contributed by atoms with Crippen LogP contribution in [0, 0.1) is 23.4 Å². The standard InChI is InChI=1S/C16H17F3N2O3/c17-11-1-2-12(15(19)14(11)18)20-16(23)9-7-13(22)21(8-9)10-3-5-24-6-4-10/h1-2,9-10H,3-8H2,(H,20,23). The van der Waals surface area contributed by atoms with Gasteiger partial charge in [0.15, 0.2) is 17.5 Å². The Morgan fingerprint density at radius 3 is 2.58 bits per heavy atom. The summed E-state index contributed by atoms with van der Waals surface area (Å²) in [5.41, 5.74) is -0.434. The molecule has 2 aliphatic heterocycles. The second-order valence-electron chi connectivity index (χ2n) is 6.00. The van der Waals surface area contributed by atoms with Gasteiger partial charge >= 0.3 is 0 Å². The fourth-order valence-corrected chi connectivity index (χ4v) is 3.11. The molecule has 1 aromatic carbocycles. The van der Waals surface area contributed by atoms with E-state index < -0.39 is 35.0 Å². The maximum absolute atomic E-state index is 13.6. The molecule has 2 heterocycles. The molecule has 0 spiro atoms. The minimum Gasteiger partial charge on any atom is -0.381 e. The molecular formula is C16H17F3N2O3. The monoisotopic (exact) mass is 342 g/mol. The fourth-order valence-electron chi connectivity index (χ4n) is 3.11. The van der Waals surface area contributed by atoms with E-state index in [4.69, 9.17) is 4.74 Å². The van der Waals surface area contributed by atoms with Gasteiger partial charge in [0.25, 0.3) is 0 Å². The molecular weight excluding hydrogens is 325 g/mol. The lowest BCUT2D eigenvalue weighted by Gasteiger charge is -2.31. The van der Waals surface area contributed by atoms with Crippen LogP contribution >= 0.6 is 0 Å². The molecule has 8 heteroatoms. The molecule has 0 saturated carbocycles. The van der Waals surface area contributed by atoms with Crippen LogP contribution < -0.4 is 5.32 Å². The van der Waals surface area contributed by atoms with Gasteiger partial charge in [-0.3, -0.25) is 9.59 Å². The zero-order chi connectivity index (χ0) is 17.3. The second-order valence-corrected chi connectivity index (χ2v) is 6.00. The molecule has 0 aliphatic carbocycles. The minimum atomic E-state index is -1.64. The van der Waals surface area contributed by atoms with Crippen molar-refractivity contribution in [1.82, 2.24) is 4.90 Å². The van der Waals surface area contributed by atoms with E-state index in [2.05, 4.69) is 5.32 Å². The highest BCUT2D eigenvalue weighted by molar-refractivity contribution is 5.97. The summed E-state index contributed by atoms with van der Waals surface area (Å²) >= 11 is 0. The molecule has 130 valence electrons. The number of likely N-dealkylation sites (tertiary alicyclic amines) is 1. The Labute approximate surface area is 136 Å². The highest BCUT2D eigenvalue weighted by Crippen LogP contribution is 2.27. The number of nitrogens with one attached hydrogen (secondary N) is 1. The van der Waals surface area contributed by atoms with Gasteiger partial charge < -0.3 is 15.0 Å².